The van der Waals surface area contributed by atoms with Gasteiger partial charge in [0.15, 0.2) is 5.78 Å². The summed E-state index contributed by atoms with van der Waals surface area (Å²) in [4.78, 5) is 38.8. The summed E-state index contributed by atoms with van der Waals surface area (Å²) in [6.07, 6.45) is 0.452. The van der Waals surface area contributed by atoms with Gasteiger partial charge in [-0.3, -0.25) is 9.59 Å². The highest BCUT2D eigenvalue weighted by molar-refractivity contribution is 6.21. The van der Waals surface area contributed by atoms with Crippen LogP contribution in [0.3, 0.4) is 0 Å². The molecule has 2 unspecified atom stereocenters. The van der Waals surface area contributed by atoms with Crippen LogP contribution in [0.2, 0.25) is 0 Å². The Labute approximate surface area is 122 Å². The third-order valence-corrected chi connectivity index (χ3v) is 4.07. The van der Waals surface area contributed by atoms with Gasteiger partial charge in [0, 0.05) is 25.6 Å². The van der Waals surface area contributed by atoms with Crippen molar-refractivity contribution < 1.29 is 19.1 Å². The summed E-state index contributed by atoms with van der Waals surface area (Å²) < 4.78 is 5.23. The molecule has 6 nitrogen and oxygen atoms in total. The number of ether oxygens (including phenoxy) is 1. The van der Waals surface area contributed by atoms with Crippen molar-refractivity contribution in [1.82, 2.24) is 4.90 Å². The first kappa shape index (κ1) is 13.8. The third kappa shape index (κ3) is 2.12. The lowest BCUT2D eigenvalue weighted by atomic mass is 10.1. The molecule has 0 spiro atoms. The first-order chi connectivity index (χ1) is 10.0. The van der Waals surface area contributed by atoms with Crippen LogP contribution in [0.5, 0.6) is 0 Å². The lowest BCUT2D eigenvalue weighted by Crippen LogP contribution is -2.35. The fraction of sp³-hybridized carbons (Fsp3) is 0.400. The minimum absolute atomic E-state index is 0.0517. The largest absolute Gasteiger partial charge is 0.380 e. The van der Waals surface area contributed by atoms with Crippen molar-refractivity contribution in [2.75, 3.05) is 18.6 Å². The molecule has 3 amide bonds. The molecule has 2 heterocycles. The average Bonchev–Trinajstić information content (AvgIpc) is 3.00. The highest BCUT2D eigenvalue weighted by Crippen LogP contribution is 2.32. The van der Waals surface area contributed by atoms with E-state index in [2.05, 4.69) is 0 Å². The summed E-state index contributed by atoms with van der Waals surface area (Å²) in [5.41, 5.74) is 1.05. The second-order valence-corrected chi connectivity index (χ2v) is 5.32. The number of nitrogens with zero attached hydrogens (tertiary/aromatic N) is 2. The van der Waals surface area contributed by atoms with Crippen LogP contribution in [0.15, 0.2) is 24.3 Å². The van der Waals surface area contributed by atoms with Gasteiger partial charge in [0.25, 0.3) is 5.91 Å². The Morgan fingerprint density at radius 1 is 1.24 bits per heavy atom. The number of hydrogen-bond acceptors (Lipinski definition) is 4. The number of ketones is 1. The molecule has 110 valence electrons. The number of rotatable bonds is 3. The summed E-state index contributed by atoms with van der Waals surface area (Å²) in [6.45, 7) is 1.91. The zero-order chi connectivity index (χ0) is 15.1. The number of hydrogen-bond donors (Lipinski definition) is 0. The van der Waals surface area contributed by atoms with E-state index in [0.29, 0.717) is 24.2 Å². The second kappa shape index (κ2) is 4.96. The first-order valence-electron chi connectivity index (χ1n) is 6.81. The summed E-state index contributed by atoms with van der Waals surface area (Å²) in [7, 11) is 1.58. The molecule has 1 aromatic carbocycles. The van der Waals surface area contributed by atoms with Crippen LogP contribution < -0.4 is 4.90 Å². The van der Waals surface area contributed by atoms with Gasteiger partial charge in [0.1, 0.15) is 6.04 Å². The number of amides is 3. The highest BCUT2D eigenvalue weighted by atomic mass is 16.5. The molecule has 2 atom stereocenters. The Hall–Kier alpha value is -2.21. The van der Waals surface area contributed by atoms with Crippen LogP contribution in [0.25, 0.3) is 0 Å². The summed E-state index contributed by atoms with van der Waals surface area (Å²) in [5, 5.41) is 0. The molecule has 0 radical (unpaired) electrons. The smallest absolute Gasteiger partial charge is 0.332 e. The van der Waals surface area contributed by atoms with Crippen LogP contribution in [-0.2, 0) is 9.53 Å². The number of Topliss-reactive ketones (excluding diaryl/α,β-unsaturated/α-hetero) is 1. The number of carbonyl (C=O) groups excluding carboxylic acids is 3. The van der Waals surface area contributed by atoms with Crippen molar-refractivity contribution in [1.29, 1.82) is 0 Å². The van der Waals surface area contributed by atoms with Crippen molar-refractivity contribution in [2.24, 2.45) is 0 Å². The molecule has 2 aliphatic rings. The van der Waals surface area contributed by atoms with Gasteiger partial charge in [-0.25, -0.2) is 9.69 Å². The van der Waals surface area contributed by atoms with Crippen LogP contribution >= 0.6 is 0 Å². The van der Waals surface area contributed by atoms with Crippen LogP contribution in [0.1, 0.15) is 23.7 Å². The van der Waals surface area contributed by atoms with Gasteiger partial charge in [-0.15, -0.1) is 0 Å². The summed E-state index contributed by atoms with van der Waals surface area (Å²) in [5.74, 6) is -0.278. The summed E-state index contributed by atoms with van der Waals surface area (Å²) >= 11 is 0. The van der Waals surface area contributed by atoms with E-state index >= 15 is 0 Å². The fourth-order valence-electron chi connectivity index (χ4n) is 2.87. The van der Waals surface area contributed by atoms with E-state index in [0.717, 1.165) is 0 Å². The van der Waals surface area contributed by atoms with Crippen molar-refractivity contribution in [2.45, 2.75) is 25.5 Å². The molecule has 0 saturated carbocycles. The molecule has 3 rings (SSSR count). The van der Waals surface area contributed by atoms with Crippen LogP contribution in [0, 0.1) is 0 Å². The summed E-state index contributed by atoms with van der Waals surface area (Å²) in [6, 6.07) is 5.75. The van der Waals surface area contributed by atoms with E-state index in [-0.39, 0.29) is 23.8 Å². The molecule has 2 fully saturated rings. The van der Waals surface area contributed by atoms with Gasteiger partial charge in [0.05, 0.1) is 11.8 Å². The SMILES string of the molecule is COC1CC2C(=O)N(c3ccc(C(C)=O)cc3)C(=O)N2C1. The van der Waals surface area contributed by atoms with Crippen molar-refractivity contribution >= 4 is 23.4 Å². The molecule has 0 N–H and O–H groups in total. The topological polar surface area (TPSA) is 66.9 Å². The van der Waals surface area contributed by atoms with E-state index in [1.54, 1.807) is 36.3 Å². The number of fused-ring (bicyclic) bond motifs is 1. The maximum Gasteiger partial charge on any atom is 0.332 e. The van der Waals surface area contributed by atoms with E-state index in [9.17, 15) is 14.4 Å². The van der Waals surface area contributed by atoms with Crippen molar-refractivity contribution in [3.05, 3.63) is 29.8 Å². The lowest BCUT2D eigenvalue weighted by molar-refractivity contribution is -0.119. The fourth-order valence-corrected chi connectivity index (χ4v) is 2.87. The minimum Gasteiger partial charge on any atom is -0.380 e. The predicted molar refractivity (Wildman–Crippen MR) is 75.2 cm³/mol. The Morgan fingerprint density at radius 2 is 1.90 bits per heavy atom. The van der Waals surface area contributed by atoms with Gasteiger partial charge in [-0.05, 0) is 31.2 Å². The first-order valence-corrected chi connectivity index (χ1v) is 6.81. The standard InChI is InChI=1S/C15H16N2O4/c1-9(18)10-3-5-11(6-4-10)17-14(19)13-7-12(21-2)8-16(13)15(17)20/h3-6,12-13H,7-8H2,1-2H3. The highest BCUT2D eigenvalue weighted by Gasteiger charge is 2.51. The van der Waals surface area contributed by atoms with Crippen molar-refractivity contribution in [3.63, 3.8) is 0 Å². The zero-order valence-electron chi connectivity index (χ0n) is 11.9. The van der Waals surface area contributed by atoms with E-state index in [1.807, 2.05) is 0 Å². The number of imide groups is 1. The molecular formula is C15H16N2O4. The van der Waals surface area contributed by atoms with Crippen molar-refractivity contribution in [3.8, 4) is 0 Å². The predicted octanol–water partition coefficient (Wildman–Crippen LogP) is 1.45. The molecule has 21 heavy (non-hydrogen) atoms. The van der Waals surface area contributed by atoms with Gasteiger partial charge >= 0.3 is 6.03 Å². The average molecular weight is 288 g/mol. The monoisotopic (exact) mass is 288 g/mol. The molecule has 2 aliphatic heterocycles. The van der Waals surface area contributed by atoms with E-state index in [4.69, 9.17) is 4.74 Å². The normalized spacial score (nSPS) is 24.7. The number of methoxy groups -OCH3 is 1. The van der Waals surface area contributed by atoms with Crippen LogP contribution in [0.4, 0.5) is 10.5 Å². The minimum atomic E-state index is -0.435. The third-order valence-electron chi connectivity index (χ3n) is 4.07. The van der Waals surface area contributed by atoms with Gasteiger partial charge in [-0.1, -0.05) is 0 Å². The Morgan fingerprint density at radius 3 is 2.43 bits per heavy atom. The zero-order valence-corrected chi connectivity index (χ0v) is 11.9. The number of anilines is 1. The van der Waals surface area contributed by atoms with Crippen LogP contribution in [-0.4, -0.2) is 48.4 Å². The molecular weight excluding hydrogens is 272 g/mol. The molecule has 0 aliphatic carbocycles. The van der Waals surface area contributed by atoms with Gasteiger partial charge < -0.3 is 9.64 Å². The van der Waals surface area contributed by atoms with Gasteiger partial charge in [-0.2, -0.15) is 0 Å². The molecule has 6 heteroatoms. The lowest BCUT2D eigenvalue weighted by Gasteiger charge is -2.17. The Bertz CT molecular complexity index is 587. The molecule has 2 saturated heterocycles. The quantitative estimate of drug-likeness (QED) is 0.623. The number of carbonyl (C=O) groups is 3. The van der Waals surface area contributed by atoms with E-state index < -0.39 is 6.04 Å². The maximum absolute atomic E-state index is 12.4. The Balaban J connectivity index is 1.86. The van der Waals surface area contributed by atoms with E-state index in [1.165, 1.54) is 11.8 Å². The molecule has 0 aromatic heterocycles. The van der Waals surface area contributed by atoms with Gasteiger partial charge in [0.2, 0.25) is 0 Å². The Kier molecular flexibility index (Phi) is 3.25. The second-order valence-electron chi connectivity index (χ2n) is 5.32. The maximum atomic E-state index is 12.4. The molecule has 0 bridgehead atoms. The number of benzene rings is 1. The molecule has 1 aromatic rings. The number of urea groups is 1.